The molecule has 0 rings (SSSR count). The van der Waals surface area contributed by atoms with Crippen LogP contribution in [0.5, 0.6) is 0 Å². The molecule has 1 N–H and O–H groups in total. The lowest BCUT2D eigenvalue weighted by Gasteiger charge is -1.96. The summed E-state index contributed by atoms with van der Waals surface area (Å²) in [4.78, 5) is 0. The van der Waals surface area contributed by atoms with E-state index in [1.165, 1.54) is 11.8 Å². The van der Waals surface area contributed by atoms with Crippen molar-refractivity contribution in [2.24, 2.45) is 0 Å². The number of hydrogen-bond acceptors (Lipinski definition) is 4. The molecule has 0 saturated heterocycles. The van der Waals surface area contributed by atoms with Gasteiger partial charge in [0.2, 0.25) is 0 Å². The molecule has 0 atom stereocenters. The zero-order valence-corrected chi connectivity index (χ0v) is 8.59. The molecule has 0 aromatic carbocycles. The molecule has 0 amide bonds. The van der Waals surface area contributed by atoms with Crippen LogP contribution in [0.2, 0.25) is 0 Å². The van der Waals surface area contributed by atoms with Crippen LogP contribution in [0.15, 0.2) is 0 Å². The largest absolute Gasteiger partial charge is 0.286 e. The van der Waals surface area contributed by atoms with Gasteiger partial charge in [0.1, 0.15) is 0 Å². The molecule has 0 heterocycles. The van der Waals surface area contributed by atoms with Gasteiger partial charge in [0.25, 0.3) is 10.1 Å². The number of rotatable bonds is 6. The van der Waals surface area contributed by atoms with E-state index in [9.17, 15) is 8.42 Å². The van der Waals surface area contributed by atoms with E-state index in [0.29, 0.717) is 5.75 Å². The first-order valence-electron chi connectivity index (χ1n) is 3.20. The quantitative estimate of drug-likeness (QED) is 0.394. The predicted molar refractivity (Wildman–Crippen MR) is 52.2 cm³/mol. The zero-order chi connectivity index (χ0) is 8.74. The van der Waals surface area contributed by atoms with Gasteiger partial charge in [0.15, 0.2) is 0 Å². The number of thioether (sulfide) groups is 1. The minimum absolute atomic E-state index is 0.149. The van der Waals surface area contributed by atoms with Crippen molar-refractivity contribution >= 4 is 34.5 Å². The first-order chi connectivity index (χ1) is 5.06. The lowest BCUT2D eigenvalue weighted by Crippen LogP contribution is -2.06. The minimum Gasteiger partial charge on any atom is -0.286 e. The van der Waals surface area contributed by atoms with E-state index in [1.807, 2.05) is 0 Å². The fourth-order valence-electron chi connectivity index (χ4n) is 0.433. The fourth-order valence-corrected chi connectivity index (χ4v) is 2.67. The number of thiol groups is 1. The Morgan fingerprint density at radius 3 is 2.45 bits per heavy atom. The normalized spacial score (nSPS) is 11.8. The Kier molecular flexibility index (Phi) is 6.50. The highest BCUT2D eigenvalue weighted by Crippen LogP contribution is 2.03. The van der Waals surface area contributed by atoms with Gasteiger partial charge in [-0.05, 0) is 17.9 Å². The molecule has 0 aliphatic rings. The van der Waals surface area contributed by atoms with Crippen LogP contribution in [-0.4, -0.2) is 36.0 Å². The Bertz CT molecular complexity index is 175. The summed E-state index contributed by atoms with van der Waals surface area (Å²) < 4.78 is 28.7. The molecule has 0 aliphatic heterocycles. The highest BCUT2D eigenvalue weighted by molar-refractivity contribution is 8.00. The van der Waals surface area contributed by atoms with Gasteiger partial charge in [0, 0.05) is 5.75 Å². The van der Waals surface area contributed by atoms with Gasteiger partial charge in [0.05, 0.1) is 5.75 Å². The summed E-state index contributed by atoms with van der Waals surface area (Å²) in [5.41, 5.74) is 0. The molecule has 0 saturated carbocycles. The fraction of sp³-hybridized carbons (Fsp3) is 1.00. The maximum Gasteiger partial charge on any atom is 0.265 e. The topological polar surface area (TPSA) is 54.4 Å². The summed E-state index contributed by atoms with van der Waals surface area (Å²) in [5.74, 6) is 2.04. The Morgan fingerprint density at radius 1 is 1.36 bits per heavy atom. The molecule has 0 unspecified atom stereocenters. The summed E-state index contributed by atoms with van der Waals surface area (Å²) in [7, 11) is -3.75. The summed E-state index contributed by atoms with van der Waals surface area (Å²) in [5, 5.41) is 0. The van der Waals surface area contributed by atoms with Crippen molar-refractivity contribution < 1.29 is 13.0 Å². The number of hydrogen-bond donors (Lipinski definition) is 2. The van der Waals surface area contributed by atoms with Gasteiger partial charge in [-0.15, -0.1) is 0 Å². The molecule has 6 heteroatoms. The van der Waals surface area contributed by atoms with E-state index in [0.717, 1.165) is 17.9 Å². The molecule has 3 nitrogen and oxygen atoms in total. The molecule has 0 aromatic rings. The van der Waals surface area contributed by atoms with Crippen molar-refractivity contribution in [2.45, 2.75) is 6.42 Å². The first-order valence-corrected chi connectivity index (χ1v) is 6.59. The van der Waals surface area contributed by atoms with Crippen LogP contribution in [0.1, 0.15) is 6.42 Å². The van der Waals surface area contributed by atoms with Gasteiger partial charge in [-0.3, -0.25) is 4.55 Å². The van der Waals surface area contributed by atoms with E-state index in [4.69, 9.17) is 4.55 Å². The predicted octanol–water partition coefficient (Wildman–Crippen LogP) is 0.927. The van der Waals surface area contributed by atoms with Crippen LogP contribution in [0.4, 0.5) is 0 Å². The third-order valence-electron chi connectivity index (χ3n) is 0.932. The van der Waals surface area contributed by atoms with Crippen molar-refractivity contribution in [3.05, 3.63) is 0 Å². The Hall–Kier alpha value is 0.610. The second-order valence-electron chi connectivity index (χ2n) is 1.98. The average molecular weight is 216 g/mol. The standard InChI is InChI=1S/C5H12O3S3/c6-11(7,8)5-4-10-3-1-2-9/h9H,1-5H2,(H,6,7,8). The summed E-state index contributed by atoms with van der Waals surface area (Å²) >= 11 is 5.52. The highest BCUT2D eigenvalue weighted by Gasteiger charge is 2.02. The van der Waals surface area contributed by atoms with Gasteiger partial charge in [-0.2, -0.15) is 32.8 Å². The van der Waals surface area contributed by atoms with Gasteiger partial charge < -0.3 is 0 Å². The average Bonchev–Trinajstić information content (AvgIpc) is 1.85. The maximum absolute atomic E-state index is 10.2. The van der Waals surface area contributed by atoms with Crippen molar-refractivity contribution in [3.8, 4) is 0 Å². The minimum atomic E-state index is -3.75. The van der Waals surface area contributed by atoms with E-state index in [1.54, 1.807) is 0 Å². The molecule has 11 heavy (non-hydrogen) atoms. The van der Waals surface area contributed by atoms with Crippen LogP contribution in [0, 0.1) is 0 Å². The van der Waals surface area contributed by atoms with E-state index >= 15 is 0 Å². The van der Waals surface area contributed by atoms with E-state index < -0.39 is 10.1 Å². The lowest BCUT2D eigenvalue weighted by atomic mass is 10.6. The maximum atomic E-state index is 10.2. The van der Waals surface area contributed by atoms with Gasteiger partial charge in [-0.1, -0.05) is 0 Å². The molecule has 0 aliphatic carbocycles. The van der Waals surface area contributed by atoms with Crippen molar-refractivity contribution in [1.82, 2.24) is 0 Å². The molecular weight excluding hydrogens is 204 g/mol. The summed E-state index contributed by atoms with van der Waals surface area (Å²) in [6, 6.07) is 0. The Labute approximate surface area is 77.1 Å². The van der Waals surface area contributed by atoms with Crippen LogP contribution in [-0.2, 0) is 10.1 Å². The monoisotopic (exact) mass is 216 g/mol. The van der Waals surface area contributed by atoms with Crippen LogP contribution in [0.25, 0.3) is 0 Å². The first kappa shape index (κ1) is 11.6. The second kappa shape index (κ2) is 6.16. The third kappa shape index (κ3) is 10.6. The van der Waals surface area contributed by atoms with Crippen molar-refractivity contribution in [3.63, 3.8) is 0 Å². The van der Waals surface area contributed by atoms with Crippen LogP contribution < -0.4 is 0 Å². The second-order valence-corrected chi connectivity index (χ2v) is 5.22. The van der Waals surface area contributed by atoms with Crippen molar-refractivity contribution in [2.75, 3.05) is 23.0 Å². The van der Waals surface area contributed by atoms with E-state index in [2.05, 4.69) is 12.6 Å². The van der Waals surface area contributed by atoms with Crippen molar-refractivity contribution in [1.29, 1.82) is 0 Å². The Morgan fingerprint density at radius 2 is 2.00 bits per heavy atom. The smallest absolute Gasteiger partial charge is 0.265 e. The van der Waals surface area contributed by atoms with Gasteiger partial charge in [-0.25, -0.2) is 0 Å². The summed E-state index contributed by atoms with van der Waals surface area (Å²) in [6.07, 6.45) is 0.971. The van der Waals surface area contributed by atoms with Crippen LogP contribution in [0.3, 0.4) is 0 Å². The zero-order valence-electron chi connectivity index (χ0n) is 6.06. The molecular formula is C5H12O3S3. The Balaban J connectivity index is 3.16. The van der Waals surface area contributed by atoms with Gasteiger partial charge >= 0.3 is 0 Å². The highest BCUT2D eigenvalue weighted by atomic mass is 32.2. The molecule has 0 spiro atoms. The molecule has 0 bridgehead atoms. The lowest BCUT2D eigenvalue weighted by molar-refractivity contribution is 0.485. The van der Waals surface area contributed by atoms with E-state index in [-0.39, 0.29) is 5.75 Å². The molecule has 0 aromatic heterocycles. The molecule has 68 valence electrons. The molecule has 0 fully saturated rings. The van der Waals surface area contributed by atoms with Crippen LogP contribution >= 0.6 is 24.4 Å². The third-order valence-corrected chi connectivity index (χ3v) is 3.30. The molecule has 0 radical (unpaired) electrons. The summed E-state index contributed by atoms with van der Waals surface area (Å²) in [6.45, 7) is 0. The SMILES string of the molecule is O=S(=O)(O)CCSCCCS.